The van der Waals surface area contributed by atoms with Crippen LogP contribution >= 0.6 is 0 Å². The molecule has 98 valence electrons. The monoisotopic (exact) mass is 232 g/mol. The molecule has 0 atom stereocenters. The van der Waals surface area contributed by atoms with Crippen LogP contribution in [0, 0.1) is 0 Å². The van der Waals surface area contributed by atoms with Crippen LogP contribution in [0.5, 0.6) is 0 Å². The molecule has 0 aliphatic carbocycles. The Kier molecular flexibility index (Phi) is 12.8. The van der Waals surface area contributed by atoms with Crippen molar-refractivity contribution in [1.29, 1.82) is 0 Å². The molecule has 0 aromatic heterocycles. The van der Waals surface area contributed by atoms with Crippen molar-refractivity contribution in [1.82, 2.24) is 5.34 Å². The molecule has 0 saturated heterocycles. The van der Waals surface area contributed by atoms with E-state index in [1.54, 1.807) is 0 Å². The first-order valence-electron chi connectivity index (χ1n) is 6.61. The van der Waals surface area contributed by atoms with Crippen molar-refractivity contribution in [2.45, 2.75) is 65.2 Å². The molecule has 0 aromatic rings. The highest BCUT2D eigenvalue weighted by molar-refractivity contribution is 4.45. The van der Waals surface area contributed by atoms with E-state index >= 15 is 0 Å². The van der Waals surface area contributed by atoms with Crippen molar-refractivity contribution in [3.63, 3.8) is 0 Å². The maximum atomic E-state index is 5.37. The van der Waals surface area contributed by atoms with Crippen molar-refractivity contribution < 1.29 is 9.68 Å². The normalized spacial score (nSPS) is 11.2. The van der Waals surface area contributed by atoms with E-state index in [-0.39, 0.29) is 0 Å². The number of nitrogens with two attached hydrogens (primary N) is 1. The molecule has 2 N–H and O–H groups in total. The first-order valence-corrected chi connectivity index (χ1v) is 6.61. The van der Waals surface area contributed by atoms with Crippen LogP contribution in [-0.4, -0.2) is 18.5 Å². The van der Waals surface area contributed by atoms with Crippen LogP contribution in [0.3, 0.4) is 0 Å². The van der Waals surface area contributed by atoms with Gasteiger partial charge in [-0.15, -0.1) is 0 Å². The van der Waals surface area contributed by atoms with Gasteiger partial charge in [-0.1, -0.05) is 51.9 Å². The summed E-state index contributed by atoms with van der Waals surface area (Å²) in [6, 6.07) is 0. The van der Waals surface area contributed by atoms with Gasteiger partial charge < -0.3 is 0 Å². The molecule has 0 aromatic carbocycles. The summed E-state index contributed by atoms with van der Waals surface area (Å²) in [4.78, 5) is 10.0. The first kappa shape index (κ1) is 15.8. The fourth-order valence-corrected chi connectivity index (χ4v) is 1.55. The van der Waals surface area contributed by atoms with Gasteiger partial charge in [0.25, 0.3) is 0 Å². The van der Waals surface area contributed by atoms with Crippen LogP contribution in [0.4, 0.5) is 0 Å². The molecule has 4 heteroatoms. The smallest absolute Gasteiger partial charge is 0.0726 e. The fourth-order valence-electron chi connectivity index (χ4n) is 1.55. The summed E-state index contributed by atoms with van der Waals surface area (Å²) in [7, 11) is 0. The minimum atomic E-state index is 0.536. The molecular weight excluding hydrogens is 204 g/mol. The largest absolute Gasteiger partial charge is 0.261 e. The first-order chi connectivity index (χ1) is 7.81. The summed E-state index contributed by atoms with van der Waals surface area (Å²) >= 11 is 0. The van der Waals surface area contributed by atoms with Crippen molar-refractivity contribution in [2.24, 2.45) is 5.84 Å². The maximum absolute atomic E-state index is 5.37. The summed E-state index contributed by atoms with van der Waals surface area (Å²) in [6.07, 6.45) is 10.4. The van der Waals surface area contributed by atoms with Gasteiger partial charge in [-0.25, -0.2) is 5.84 Å². The Hall–Kier alpha value is -0.160. The van der Waals surface area contributed by atoms with E-state index in [0.29, 0.717) is 13.2 Å². The van der Waals surface area contributed by atoms with Crippen molar-refractivity contribution in [3.8, 4) is 0 Å². The minimum absolute atomic E-state index is 0.536. The molecule has 0 rings (SSSR count). The SMILES string of the molecule is CCCCCCCCCCON(N)OCC. The minimum Gasteiger partial charge on any atom is -0.261 e. The van der Waals surface area contributed by atoms with Gasteiger partial charge in [0.1, 0.15) is 0 Å². The number of rotatable bonds is 12. The highest BCUT2D eigenvalue weighted by Gasteiger charge is 1.97. The number of unbranched alkanes of at least 4 members (excludes halogenated alkanes) is 7. The second-order valence-electron chi connectivity index (χ2n) is 4.01. The van der Waals surface area contributed by atoms with Crippen LogP contribution in [0.1, 0.15) is 65.2 Å². The number of hydrazine groups is 1. The molecule has 0 saturated carbocycles. The second kappa shape index (κ2) is 12.9. The van der Waals surface area contributed by atoms with Crippen LogP contribution < -0.4 is 5.84 Å². The Labute approximate surface area is 100.0 Å². The molecule has 0 aliphatic heterocycles. The summed E-state index contributed by atoms with van der Waals surface area (Å²) in [5.41, 5.74) is 0. The third-order valence-corrected chi connectivity index (χ3v) is 2.47. The van der Waals surface area contributed by atoms with E-state index in [9.17, 15) is 0 Å². The third-order valence-electron chi connectivity index (χ3n) is 2.47. The van der Waals surface area contributed by atoms with Gasteiger partial charge >= 0.3 is 0 Å². The third kappa shape index (κ3) is 11.9. The topological polar surface area (TPSA) is 47.7 Å². The molecule has 0 unspecified atom stereocenters. The average molecular weight is 232 g/mol. The molecule has 0 bridgehead atoms. The zero-order valence-electron chi connectivity index (χ0n) is 10.9. The van der Waals surface area contributed by atoms with Gasteiger partial charge in [0.05, 0.1) is 13.2 Å². The lowest BCUT2D eigenvalue weighted by Crippen LogP contribution is -2.31. The average Bonchev–Trinajstić information content (AvgIpc) is 2.27. The highest BCUT2D eigenvalue weighted by Crippen LogP contribution is 2.08. The highest BCUT2D eigenvalue weighted by atomic mass is 17.0. The summed E-state index contributed by atoms with van der Waals surface area (Å²) < 4.78 is 0. The molecule has 0 heterocycles. The quantitative estimate of drug-likeness (QED) is 0.319. The summed E-state index contributed by atoms with van der Waals surface area (Å²) in [5, 5.41) is 0.960. The van der Waals surface area contributed by atoms with Crippen LogP contribution in [0.25, 0.3) is 0 Å². The second-order valence-corrected chi connectivity index (χ2v) is 4.01. The molecule has 4 nitrogen and oxygen atoms in total. The van der Waals surface area contributed by atoms with Gasteiger partial charge in [-0.05, 0) is 13.3 Å². The summed E-state index contributed by atoms with van der Waals surface area (Å²) in [5.74, 6) is 5.37. The zero-order chi connectivity index (χ0) is 12.1. The molecule has 0 spiro atoms. The predicted octanol–water partition coefficient (Wildman–Crippen LogP) is 3.19. The standard InChI is InChI=1S/C12H28N2O2/c1-3-5-6-7-8-9-10-11-12-16-14(13)15-4-2/h3-13H2,1-2H3. The fraction of sp³-hybridized carbons (Fsp3) is 1.00. The molecule has 16 heavy (non-hydrogen) atoms. The lowest BCUT2D eigenvalue weighted by molar-refractivity contribution is -0.370. The predicted molar refractivity (Wildman–Crippen MR) is 66.2 cm³/mol. The van der Waals surface area contributed by atoms with Crippen molar-refractivity contribution in [3.05, 3.63) is 0 Å². The van der Waals surface area contributed by atoms with Gasteiger partial charge in [-0.3, -0.25) is 9.68 Å². The number of hydrogen-bond acceptors (Lipinski definition) is 4. The van der Waals surface area contributed by atoms with Crippen LogP contribution in [-0.2, 0) is 9.68 Å². The molecule has 0 aliphatic rings. The van der Waals surface area contributed by atoms with E-state index in [0.717, 1.165) is 11.8 Å². The van der Waals surface area contributed by atoms with Crippen molar-refractivity contribution in [2.75, 3.05) is 13.2 Å². The molecule has 0 amide bonds. The van der Waals surface area contributed by atoms with Gasteiger partial charge in [0.2, 0.25) is 0 Å². The van der Waals surface area contributed by atoms with E-state index in [4.69, 9.17) is 15.5 Å². The zero-order valence-corrected chi connectivity index (χ0v) is 10.9. The number of hydrogen-bond donors (Lipinski definition) is 1. The Bertz CT molecular complexity index is 134. The van der Waals surface area contributed by atoms with E-state index in [1.165, 1.54) is 44.9 Å². The summed E-state index contributed by atoms with van der Waals surface area (Å²) in [6.45, 7) is 5.30. The maximum Gasteiger partial charge on any atom is 0.0726 e. The van der Waals surface area contributed by atoms with Gasteiger partial charge in [0, 0.05) is 5.34 Å². The lowest BCUT2D eigenvalue weighted by atomic mass is 10.1. The Morgan fingerprint density at radius 1 is 0.812 bits per heavy atom. The van der Waals surface area contributed by atoms with Gasteiger partial charge in [-0.2, -0.15) is 0 Å². The number of nitrogens with zero attached hydrogens (tertiary/aromatic N) is 1. The van der Waals surface area contributed by atoms with Gasteiger partial charge in [0.15, 0.2) is 0 Å². The Morgan fingerprint density at radius 2 is 1.38 bits per heavy atom. The molecular formula is C12H28N2O2. The van der Waals surface area contributed by atoms with Crippen molar-refractivity contribution >= 4 is 0 Å². The Balaban J connectivity index is 2.98. The lowest BCUT2D eigenvalue weighted by Gasteiger charge is -2.13. The van der Waals surface area contributed by atoms with E-state index < -0.39 is 0 Å². The molecule has 0 fully saturated rings. The van der Waals surface area contributed by atoms with Crippen LogP contribution in [0.15, 0.2) is 0 Å². The van der Waals surface area contributed by atoms with Crippen LogP contribution in [0.2, 0.25) is 0 Å². The Morgan fingerprint density at radius 3 is 1.94 bits per heavy atom. The van der Waals surface area contributed by atoms with E-state index in [1.807, 2.05) is 6.92 Å². The molecule has 0 radical (unpaired) electrons. The van der Waals surface area contributed by atoms with E-state index in [2.05, 4.69) is 6.92 Å².